The number of hydrogen-bond acceptors (Lipinski definition) is 6. The van der Waals surface area contributed by atoms with Gasteiger partial charge in [-0.05, 0) is 29.5 Å². The smallest absolute Gasteiger partial charge is 0.243 e. The van der Waals surface area contributed by atoms with Gasteiger partial charge in [-0.1, -0.05) is 50.2 Å². The van der Waals surface area contributed by atoms with E-state index in [1.807, 2.05) is 18.2 Å². The largest absolute Gasteiger partial charge is 0.496 e. The number of anilines is 1. The summed E-state index contributed by atoms with van der Waals surface area (Å²) in [4.78, 5) is 4.69. The van der Waals surface area contributed by atoms with Crippen LogP contribution in [-0.4, -0.2) is 35.9 Å². The molecule has 1 atom stereocenters. The zero-order valence-electron chi connectivity index (χ0n) is 17.3. The number of ether oxygens (including phenoxy) is 2. The summed E-state index contributed by atoms with van der Waals surface area (Å²) in [6.45, 7) is 5.35. The summed E-state index contributed by atoms with van der Waals surface area (Å²) in [5.74, 6) is 1.85. The molecule has 1 aromatic heterocycles. The fourth-order valence-corrected chi connectivity index (χ4v) is 4.20. The third kappa shape index (κ3) is 3.39. The maximum atomic E-state index is 5.50. The predicted molar refractivity (Wildman–Crippen MR) is 113 cm³/mol. The van der Waals surface area contributed by atoms with Crippen molar-refractivity contribution < 1.29 is 9.47 Å². The SMILES string of the molecule is COc1cccc(OC)c1-c1cnnc(NC[C@]2(c3ccccc3)CC2(C)C)n1. The number of aromatic nitrogens is 3. The average molecular weight is 390 g/mol. The van der Waals surface area contributed by atoms with Crippen molar-refractivity contribution in [2.75, 3.05) is 26.1 Å². The van der Waals surface area contributed by atoms with Crippen LogP contribution < -0.4 is 14.8 Å². The number of rotatable bonds is 7. The van der Waals surface area contributed by atoms with Gasteiger partial charge in [-0.15, -0.1) is 5.10 Å². The van der Waals surface area contributed by atoms with Crippen molar-refractivity contribution in [2.24, 2.45) is 5.41 Å². The standard InChI is InChI=1S/C23H26N4O2/c1-22(2)14-23(22,16-9-6-5-7-10-16)15-24-21-26-17(13-25-27-21)20-18(28-3)11-8-12-19(20)29-4/h5-13H,14-15H2,1-4H3,(H,24,26,27)/t23-/m0/s1. The topological polar surface area (TPSA) is 69.2 Å². The first-order valence-corrected chi connectivity index (χ1v) is 9.71. The Bertz CT molecular complexity index is 985. The van der Waals surface area contributed by atoms with Crippen LogP contribution in [0.1, 0.15) is 25.8 Å². The van der Waals surface area contributed by atoms with E-state index >= 15 is 0 Å². The summed E-state index contributed by atoms with van der Waals surface area (Å²) in [6, 6.07) is 16.3. The molecule has 1 heterocycles. The molecular weight excluding hydrogens is 364 g/mol. The molecule has 4 rings (SSSR count). The highest BCUT2D eigenvalue weighted by Crippen LogP contribution is 2.64. The summed E-state index contributed by atoms with van der Waals surface area (Å²) in [5.41, 5.74) is 3.04. The van der Waals surface area contributed by atoms with E-state index < -0.39 is 0 Å². The van der Waals surface area contributed by atoms with Crippen LogP contribution in [-0.2, 0) is 5.41 Å². The minimum Gasteiger partial charge on any atom is -0.496 e. The van der Waals surface area contributed by atoms with Crippen molar-refractivity contribution >= 4 is 5.95 Å². The first-order chi connectivity index (χ1) is 14.0. The van der Waals surface area contributed by atoms with E-state index in [1.54, 1.807) is 20.4 Å². The van der Waals surface area contributed by atoms with Gasteiger partial charge in [-0.2, -0.15) is 5.10 Å². The highest BCUT2D eigenvalue weighted by atomic mass is 16.5. The van der Waals surface area contributed by atoms with Gasteiger partial charge in [0.05, 0.1) is 26.0 Å². The highest BCUT2D eigenvalue weighted by Gasteiger charge is 2.61. The molecule has 0 aliphatic heterocycles. The molecule has 0 amide bonds. The third-order valence-corrected chi connectivity index (χ3v) is 6.03. The van der Waals surface area contributed by atoms with Gasteiger partial charge in [0.2, 0.25) is 5.95 Å². The Morgan fingerprint density at radius 1 is 0.966 bits per heavy atom. The van der Waals surface area contributed by atoms with Crippen LogP contribution in [0, 0.1) is 5.41 Å². The van der Waals surface area contributed by atoms with Crippen molar-refractivity contribution in [3.63, 3.8) is 0 Å². The average Bonchev–Trinajstić information content (AvgIpc) is 3.34. The number of nitrogens with zero attached hydrogens (tertiary/aromatic N) is 3. The molecule has 150 valence electrons. The van der Waals surface area contributed by atoms with Crippen LogP contribution in [0.15, 0.2) is 54.7 Å². The lowest BCUT2D eigenvalue weighted by atomic mass is 9.88. The minimum atomic E-state index is 0.0652. The van der Waals surface area contributed by atoms with E-state index in [-0.39, 0.29) is 10.8 Å². The zero-order chi connectivity index (χ0) is 20.5. The van der Waals surface area contributed by atoms with Crippen LogP contribution in [0.3, 0.4) is 0 Å². The van der Waals surface area contributed by atoms with Crippen LogP contribution in [0.25, 0.3) is 11.3 Å². The molecule has 1 aliphatic carbocycles. The number of hydrogen-bond donors (Lipinski definition) is 1. The van der Waals surface area contributed by atoms with Gasteiger partial charge < -0.3 is 14.8 Å². The predicted octanol–water partition coefficient (Wildman–Crippen LogP) is 4.34. The van der Waals surface area contributed by atoms with E-state index in [4.69, 9.17) is 9.47 Å². The molecule has 1 N–H and O–H groups in total. The van der Waals surface area contributed by atoms with Crippen molar-refractivity contribution in [3.05, 3.63) is 60.3 Å². The Kier molecular flexibility index (Phi) is 4.86. The second kappa shape index (κ2) is 7.35. The number of benzene rings is 2. The first kappa shape index (κ1) is 19.2. The molecule has 1 fully saturated rings. The Morgan fingerprint density at radius 3 is 2.21 bits per heavy atom. The van der Waals surface area contributed by atoms with Crippen molar-refractivity contribution in [3.8, 4) is 22.8 Å². The molecule has 0 radical (unpaired) electrons. The summed E-state index contributed by atoms with van der Waals surface area (Å²) in [7, 11) is 3.26. The van der Waals surface area contributed by atoms with Gasteiger partial charge in [0.1, 0.15) is 17.2 Å². The molecule has 0 spiro atoms. The normalized spacial score (nSPS) is 19.4. The lowest BCUT2D eigenvalue weighted by molar-refractivity contribution is 0.397. The summed E-state index contributed by atoms with van der Waals surface area (Å²) < 4.78 is 11.0. The quantitative estimate of drug-likeness (QED) is 0.647. The van der Waals surface area contributed by atoms with Crippen LogP contribution in [0.4, 0.5) is 5.95 Å². The second-order valence-corrected chi connectivity index (χ2v) is 8.07. The molecule has 6 nitrogen and oxygen atoms in total. The molecule has 6 heteroatoms. The van der Waals surface area contributed by atoms with Gasteiger partial charge in [0, 0.05) is 12.0 Å². The molecule has 0 unspecified atom stereocenters. The molecular formula is C23H26N4O2. The van der Waals surface area contributed by atoms with E-state index in [1.165, 1.54) is 5.56 Å². The molecule has 3 aromatic rings. The Hall–Kier alpha value is -3.15. The minimum absolute atomic E-state index is 0.0652. The first-order valence-electron chi connectivity index (χ1n) is 9.71. The molecule has 29 heavy (non-hydrogen) atoms. The lowest BCUT2D eigenvalue weighted by Crippen LogP contribution is -2.25. The second-order valence-electron chi connectivity index (χ2n) is 8.07. The number of nitrogens with one attached hydrogen (secondary N) is 1. The lowest BCUT2D eigenvalue weighted by Gasteiger charge is -2.22. The molecule has 1 aliphatic rings. The van der Waals surface area contributed by atoms with Crippen LogP contribution in [0.2, 0.25) is 0 Å². The Morgan fingerprint density at radius 2 is 1.62 bits per heavy atom. The monoisotopic (exact) mass is 390 g/mol. The summed E-state index contributed by atoms with van der Waals surface area (Å²) in [6.07, 6.45) is 2.74. The summed E-state index contributed by atoms with van der Waals surface area (Å²) >= 11 is 0. The Labute approximate surface area is 171 Å². The van der Waals surface area contributed by atoms with Crippen molar-refractivity contribution in [1.29, 1.82) is 0 Å². The summed E-state index contributed by atoms with van der Waals surface area (Å²) in [5, 5.41) is 11.8. The van der Waals surface area contributed by atoms with Gasteiger partial charge in [-0.25, -0.2) is 4.98 Å². The van der Waals surface area contributed by atoms with E-state index in [0.717, 1.165) is 18.5 Å². The van der Waals surface area contributed by atoms with Crippen LogP contribution >= 0.6 is 0 Å². The maximum absolute atomic E-state index is 5.50. The molecule has 0 saturated heterocycles. The fourth-order valence-electron chi connectivity index (χ4n) is 4.20. The van der Waals surface area contributed by atoms with E-state index in [0.29, 0.717) is 23.1 Å². The molecule has 0 bridgehead atoms. The number of methoxy groups -OCH3 is 2. The van der Waals surface area contributed by atoms with Crippen LogP contribution in [0.5, 0.6) is 11.5 Å². The molecule has 1 saturated carbocycles. The van der Waals surface area contributed by atoms with Crippen molar-refractivity contribution in [1.82, 2.24) is 15.2 Å². The fraction of sp³-hybridized carbons (Fsp3) is 0.348. The van der Waals surface area contributed by atoms with E-state index in [9.17, 15) is 0 Å². The zero-order valence-corrected chi connectivity index (χ0v) is 17.3. The van der Waals surface area contributed by atoms with E-state index in [2.05, 4.69) is 64.7 Å². The van der Waals surface area contributed by atoms with Gasteiger partial charge in [0.25, 0.3) is 0 Å². The Balaban J connectivity index is 1.61. The van der Waals surface area contributed by atoms with Crippen molar-refractivity contribution in [2.45, 2.75) is 25.7 Å². The van der Waals surface area contributed by atoms with Gasteiger partial charge in [0.15, 0.2) is 0 Å². The van der Waals surface area contributed by atoms with Gasteiger partial charge >= 0.3 is 0 Å². The molecule has 2 aromatic carbocycles. The van der Waals surface area contributed by atoms with Gasteiger partial charge in [-0.3, -0.25) is 0 Å². The maximum Gasteiger partial charge on any atom is 0.243 e. The highest BCUT2D eigenvalue weighted by molar-refractivity contribution is 5.74. The third-order valence-electron chi connectivity index (χ3n) is 6.03.